The molecule has 0 aromatic heterocycles. The quantitative estimate of drug-likeness (QED) is 0.555. The van der Waals surface area contributed by atoms with Crippen molar-refractivity contribution in [1.29, 1.82) is 0 Å². The first kappa shape index (κ1) is 10.8. The summed E-state index contributed by atoms with van der Waals surface area (Å²) in [4.78, 5) is 9.92. The zero-order valence-electron chi connectivity index (χ0n) is 8.05. The number of aliphatic carboxylic acids is 1. The molecule has 0 aromatic rings. The van der Waals surface area contributed by atoms with E-state index in [1.807, 2.05) is 0 Å². The van der Waals surface area contributed by atoms with Gasteiger partial charge in [-0.15, -0.1) is 11.6 Å². The molecule has 76 valence electrons. The molecular formula is C10H17ClO2. The van der Waals surface area contributed by atoms with E-state index in [1.54, 1.807) is 0 Å². The molecule has 1 fully saturated rings. The fraction of sp³-hybridized carbons (Fsp3) is 0.900. The molecule has 1 aliphatic carbocycles. The maximum absolute atomic E-state index is 10.9. The Bertz CT molecular complexity index is 193. The summed E-state index contributed by atoms with van der Waals surface area (Å²) in [5, 5.41) is 8.95. The van der Waals surface area contributed by atoms with Crippen LogP contribution in [0.5, 0.6) is 0 Å². The van der Waals surface area contributed by atoms with Crippen LogP contribution in [-0.4, -0.2) is 16.0 Å². The minimum absolute atomic E-state index is 0.625. The van der Waals surface area contributed by atoms with Crippen molar-refractivity contribution in [3.63, 3.8) is 0 Å². The Morgan fingerprint density at radius 2 is 2.23 bits per heavy atom. The molecule has 0 aromatic carbocycles. The zero-order chi connectivity index (χ0) is 9.90. The van der Waals surface area contributed by atoms with E-state index in [1.165, 1.54) is 0 Å². The second-order valence-corrected chi connectivity index (χ2v) is 4.70. The Hall–Kier alpha value is -0.240. The summed E-state index contributed by atoms with van der Waals surface area (Å²) in [6, 6.07) is 0. The lowest BCUT2D eigenvalue weighted by Gasteiger charge is -2.19. The summed E-state index contributed by atoms with van der Waals surface area (Å²) in [7, 11) is 0. The van der Waals surface area contributed by atoms with Crippen LogP contribution in [0.25, 0.3) is 0 Å². The number of halogens is 1. The predicted molar refractivity (Wildman–Crippen MR) is 53.1 cm³/mol. The van der Waals surface area contributed by atoms with E-state index in [-0.39, 0.29) is 0 Å². The molecule has 13 heavy (non-hydrogen) atoms. The maximum Gasteiger partial charge on any atom is 0.324 e. The first-order chi connectivity index (χ1) is 6.08. The van der Waals surface area contributed by atoms with Gasteiger partial charge in [-0.1, -0.05) is 26.2 Å². The van der Waals surface area contributed by atoms with Crippen molar-refractivity contribution in [1.82, 2.24) is 0 Å². The molecule has 2 atom stereocenters. The normalized spacial score (nSPS) is 35.4. The van der Waals surface area contributed by atoms with Crippen LogP contribution in [-0.2, 0) is 4.79 Å². The number of rotatable bonds is 2. The summed E-state index contributed by atoms with van der Waals surface area (Å²) in [6.45, 7) is 2.16. The average Bonchev–Trinajstić information content (AvgIpc) is 2.28. The Morgan fingerprint density at radius 3 is 2.77 bits per heavy atom. The van der Waals surface area contributed by atoms with Gasteiger partial charge in [0.25, 0.3) is 0 Å². The van der Waals surface area contributed by atoms with Crippen molar-refractivity contribution < 1.29 is 9.90 Å². The Kier molecular flexibility index (Phi) is 3.60. The molecule has 1 saturated carbocycles. The summed E-state index contributed by atoms with van der Waals surface area (Å²) in [5.74, 6) is -0.161. The molecule has 0 heterocycles. The summed E-state index contributed by atoms with van der Waals surface area (Å²) in [6.07, 6.45) is 5.45. The van der Waals surface area contributed by atoms with Gasteiger partial charge in [-0.3, -0.25) is 4.79 Å². The lowest BCUT2D eigenvalue weighted by Crippen LogP contribution is -2.31. The van der Waals surface area contributed by atoms with Crippen LogP contribution in [0.2, 0.25) is 0 Å². The van der Waals surface area contributed by atoms with Gasteiger partial charge >= 0.3 is 5.97 Å². The van der Waals surface area contributed by atoms with Crippen molar-refractivity contribution >= 4 is 17.6 Å². The standard InChI is InChI=1S/C10H17ClO2/c1-2-8-4-3-6-10(11,7-5-8)9(12)13/h8H,2-7H2,1H3,(H,12,13). The molecule has 0 spiro atoms. The molecule has 0 amide bonds. The van der Waals surface area contributed by atoms with Crippen molar-refractivity contribution in [3.05, 3.63) is 0 Å². The summed E-state index contributed by atoms with van der Waals surface area (Å²) < 4.78 is 0. The average molecular weight is 205 g/mol. The van der Waals surface area contributed by atoms with Crippen LogP contribution < -0.4 is 0 Å². The van der Waals surface area contributed by atoms with Crippen LogP contribution in [0.4, 0.5) is 0 Å². The highest BCUT2D eigenvalue weighted by Crippen LogP contribution is 2.36. The number of carboxylic acid groups (broad SMARTS) is 1. The molecule has 0 bridgehead atoms. The van der Waals surface area contributed by atoms with Crippen molar-refractivity contribution in [2.75, 3.05) is 0 Å². The lowest BCUT2D eigenvalue weighted by molar-refractivity contribution is -0.140. The van der Waals surface area contributed by atoms with E-state index in [9.17, 15) is 4.79 Å². The van der Waals surface area contributed by atoms with E-state index in [2.05, 4.69) is 6.92 Å². The van der Waals surface area contributed by atoms with Crippen molar-refractivity contribution in [2.45, 2.75) is 50.3 Å². The number of hydrogen-bond acceptors (Lipinski definition) is 1. The fourth-order valence-corrected chi connectivity index (χ4v) is 2.24. The number of hydrogen-bond donors (Lipinski definition) is 1. The Labute approximate surface area is 84.3 Å². The SMILES string of the molecule is CCC1CCCC(Cl)(C(=O)O)CC1. The number of carboxylic acids is 1. The largest absolute Gasteiger partial charge is 0.480 e. The van der Waals surface area contributed by atoms with Crippen LogP contribution in [0.15, 0.2) is 0 Å². The molecule has 0 radical (unpaired) electrons. The van der Waals surface area contributed by atoms with Crippen LogP contribution in [0, 0.1) is 5.92 Å². The minimum atomic E-state index is -0.968. The molecule has 1 N–H and O–H groups in total. The second kappa shape index (κ2) is 4.32. The van der Waals surface area contributed by atoms with Gasteiger partial charge in [0.05, 0.1) is 0 Å². The first-order valence-electron chi connectivity index (χ1n) is 5.01. The highest BCUT2D eigenvalue weighted by molar-refractivity contribution is 6.33. The molecule has 3 heteroatoms. The van der Waals surface area contributed by atoms with Crippen LogP contribution >= 0.6 is 11.6 Å². The molecule has 2 nitrogen and oxygen atoms in total. The molecule has 1 aliphatic rings. The van der Waals surface area contributed by atoms with Crippen molar-refractivity contribution in [2.24, 2.45) is 5.92 Å². The van der Waals surface area contributed by atoms with E-state index in [0.717, 1.165) is 25.7 Å². The van der Waals surface area contributed by atoms with Gasteiger partial charge in [-0.25, -0.2) is 0 Å². The van der Waals surface area contributed by atoms with Gasteiger partial charge in [0, 0.05) is 0 Å². The maximum atomic E-state index is 10.9. The van der Waals surface area contributed by atoms with E-state index < -0.39 is 10.8 Å². The second-order valence-electron chi connectivity index (χ2n) is 3.98. The molecule has 1 rings (SSSR count). The third kappa shape index (κ3) is 2.60. The summed E-state index contributed by atoms with van der Waals surface area (Å²) >= 11 is 6.04. The molecule has 2 unspecified atom stereocenters. The first-order valence-corrected chi connectivity index (χ1v) is 5.38. The lowest BCUT2D eigenvalue weighted by atomic mass is 9.96. The van der Waals surface area contributed by atoms with Crippen LogP contribution in [0.3, 0.4) is 0 Å². The monoisotopic (exact) mass is 204 g/mol. The van der Waals surface area contributed by atoms with E-state index in [0.29, 0.717) is 18.8 Å². The van der Waals surface area contributed by atoms with Crippen molar-refractivity contribution in [3.8, 4) is 0 Å². The van der Waals surface area contributed by atoms with Crippen LogP contribution in [0.1, 0.15) is 45.4 Å². The van der Waals surface area contributed by atoms with Gasteiger partial charge < -0.3 is 5.11 Å². The van der Waals surface area contributed by atoms with E-state index in [4.69, 9.17) is 16.7 Å². The highest BCUT2D eigenvalue weighted by Gasteiger charge is 2.37. The van der Waals surface area contributed by atoms with E-state index >= 15 is 0 Å². The summed E-state index contributed by atoms with van der Waals surface area (Å²) in [5.41, 5.74) is 0. The molecule has 0 aliphatic heterocycles. The van der Waals surface area contributed by atoms with Gasteiger partial charge in [-0.05, 0) is 25.2 Å². The number of carbonyl (C=O) groups is 1. The third-order valence-corrected chi connectivity index (χ3v) is 3.63. The van der Waals surface area contributed by atoms with Gasteiger partial charge in [0.15, 0.2) is 0 Å². The number of alkyl halides is 1. The van der Waals surface area contributed by atoms with Gasteiger partial charge in [0.2, 0.25) is 0 Å². The Morgan fingerprint density at radius 1 is 1.54 bits per heavy atom. The van der Waals surface area contributed by atoms with Gasteiger partial charge in [-0.2, -0.15) is 0 Å². The minimum Gasteiger partial charge on any atom is -0.480 e. The Balaban J connectivity index is 2.58. The highest BCUT2D eigenvalue weighted by atomic mass is 35.5. The fourth-order valence-electron chi connectivity index (χ4n) is 2.00. The third-order valence-electron chi connectivity index (χ3n) is 3.09. The topological polar surface area (TPSA) is 37.3 Å². The predicted octanol–water partition coefficient (Wildman–Crippen LogP) is 3.04. The molecule has 0 saturated heterocycles. The van der Waals surface area contributed by atoms with Gasteiger partial charge in [0.1, 0.15) is 4.87 Å². The zero-order valence-corrected chi connectivity index (χ0v) is 8.81. The smallest absolute Gasteiger partial charge is 0.324 e. The molecular weight excluding hydrogens is 188 g/mol.